The molecule has 6 nitrogen and oxygen atoms in total. The molecule has 0 saturated heterocycles. The standard InChI is InChI=1S/C20H19ClN4O2/c1-13-5-3-4-6-14(13)12-22-19-10-8-17(24-25-19)20(26)23-15-7-9-18(27-2)16(21)11-15/h3-11H,12H2,1-2H3,(H,22,25)(H,23,26). The van der Waals surface area contributed by atoms with E-state index in [9.17, 15) is 4.79 Å². The van der Waals surface area contributed by atoms with Crippen LogP contribution < -0.4 is 15.4 Å². The average Bonchev–Trinajstić information content (AvgIpc) is 2.68. The highest BCUT2D eigenvalue weighted by Crippen LogP contribution is 2.27. The van der Waals surface area contributed by atoms with Crippen molar-refractivity contribution in [3.8, 4) is 5.75 Å². The van der Waals surface area contributed by atoms with Crippen LogP contribution in [0, 0.1) is 6.92 Å². The summed E-state index contributed by atoms with van der Waals surface area (Å²) in [5.74, 6) is 0.773. The average molecular weight is 383 g/mol. The maximum Gasteiger partial charge on any atom is 0.276 e. The molecule has 0 bridgehead atoms. The molecule has 0 aliphatic heterocycles. The quantitative estimate of drug-likeness (QED) is 0.664. The van der Waals surface area contributed by atoms with Crippen molar-refractivity contribution in [2.24, 2.45) is 0 Å². The number of amides is 1. The van der Waals surface area contributed by atoms with Gasteiger partial charge >= 0.3 is 0 Å². The molecule has 2 N–H and O–H groups in total. The first-order chi connectivity index (χ1) is 13.1. The minimum atomic E-state index is -0.366. The molecule has 1 heterocycles. The Hall–Kier alpha value is -3.12. The summed E-state index contributed by atoms with van der Waals surface area (Å²) in [6.07, 6.45) is 0. The lowest BCUT2D eigenvalue weighted by Gasteiger charge is -2.09. The molecular weight excluding hydrogens is 364 g/mol. The summed E-state index contributed by atoms with van der Waals surface area (Å²) >= 11 is 6.06. The van der Waals surface area contributed by atoms with Gasteiger partial charge in [0.2, 0.25) is 0 Å². The second-order valence-electron chi connectivity index (χ2n) is 5.89. The molecule has 138 valence electrons. The number of benzene rings is 2. The number of hydrogen-bond donors (Lipinski definition) is 2. The van der Waals surface area contributed by atoms with Crippen molar-refractivity contribution in [1.29, 1.82) is 0 Å². The van der Waals surface area contributed by atoms with Crippen molar-refractivity contribution in [3.63, 3.8) is 0 Å². The molecule has 3 rings (SSSR count). The first kappa shape index (κ1) is 18.7. The maximum absolute atomic E-state index is 12.3. The topological polar surface area (TPSA) is 76.1 Å². The van der Waals surface area contributed by atoms with E-state index in [-0.39, 0.29) is 11.6 Å². The van der Waals surface area contributed by atoms with Crippen LogP contribution in [0.15, 0.2) is 54.6 Å². The Balaban J connectivity index is 1.62. The van der Waals surface area contributed by atoms with E-state index in [0.29, 0.717) is 28.8 Å². The summed E-state index contributed by atoms with van der Waals surface area (Å²) < 4.78 is 5.09. The molecule has 0 fully saturated rings. The Bertz CT molecular complexity index is 945. The van der Waals surface area contributed by atoms with Gasteiger partial charge in [0.25, 0.3) is 5.91 Å². The molecule has 0 unspecified atom stereocenters. The summed E-state index contributed by atoms with van der Waals surface area (Å²) in [5, 5.41) is 14.4. The van der Waals surface area contributed by atoms with Gasteiger partial charge in [0.15, 0.2) is 5.69 Å². The number of ether oxygens (including phenoxy) is 1. The number of halogens is 1. The highest BCUT2D eigenvalue weighted by Gasteiger charge is 2.10. The first-order valence-corrected chi connectivity index (χ1v) is 8.71. The van der Waals surface area contributed by atoms with Crippen LogP contribution >= 0.6 is 11.6 Å². The monoisotopic (exact) mass is 382 g/mol. The summed E-state index contributed by atoms with van der Waals surface area (Å²) in [5.41, 5.74) is 3.14. The number of hydrogen-bond acceptors (Lipinski definition) is 5. The Morgan fingerprint density at radius 2 is 1.93 bits per heavy atom. The number of aromatic nitrogens is 2. The van der Waals surface area contributed by atoms with Crippen LogP contribution in [0.3, 0.4) is 0 Å². The first-order valence-electron chi connectivity index (χ1n) is 8.34. The predicted molar refractivity (Wildman–Crippen MR) is 106 cm³/mol. The third-order valence-corrected chi connectivity index (χ3v) is 4.32. The van der Waals surface area contributed by atoms with Crippen molar-refractivity contribution in [1.82, 2.24) is 10.2 Å². The number of nitrogens with one attached hydrogen (secondary N) is 2. The molecule has 0 aliphatic rings. The summed E-state index contributed by atoms with van der Waals surface area (Å²) in [7, 11) is 1.53. The normalized spacial score (nSPS) is 10.3. The van der Waals surface area contributed by atoms with Gasteiger partial charge in [0.05, 0.1) is 12.1 Å². The maximum atomic E-state index is 12.3. The molecule has 0 radical (unpaired) electrons. The van der Waals surface area contributed by atoms with Crippen molar-refractivity contribution < 1.29 is 9.53 Å². The van der Waals surface area contributed by atoms with Crippen molar-refractivity contribution >= 4 is 29.0 Å². The van der Waals surface area contributed by atoms with Crippen LogP contribution in [-0.4, -0.2) is 23.2 Å². The number of methoxy groups -OCH3 is 1. The lowest BCUT2D eigenvalue weighted by Crippen LogP contribution is -2.15. The van der Waals surface area contributed by atoms with Gasteiger partial charge in [-0.15, -0.1) is 10.2 Å². The molecule has 0 saturated carbocycles. The van der Waals surface area contributed by atoms with Gasteiger partial charge in [0.1, 0.15) is 11.6 Å². The number of carbonyl (C=O) groups is 1. The highest BCUT2D eigenvalue weighted by atomic mass is 35.5. The minimum Gasteiger partial charge on any atom is -0.495 e. The van der Waals surface area contributed by atoms with E-state index in [1.165, 1.54) is 18.2 Å². The number of carbonyl (C=O) groups excluding carboxylic acids is 1. The van der Waals surface area contributed by atoms with Crippen molar-refractivity contribution in [3.05, 3.63) is 76.4 Å². The van der Waals surface area contributed by atoms with Gasteiger partial charge in [-0.25, -0.2) is 0 Å². The minimum absolute atomic E-state index is 0.211. The van der Waals surface area contributed by atoms with E-state index >= 15 is 0 Å². The van der Waals surface area contributed by atoms with Crippen LogP contribution in [0.2, 0.25) is 5.02 Å². The summed E-state index contributed by atoms with van der Waals surface area (Å²) in [6, 6.07) is 16.4. The zero-order chi connectivity index (χ0) is 19.2. The number of aryl methyl sites for hydroxylation is 1. The fraction of sp³-hybridized carbons (Fsp3) is 0.150. The van der Waals surface area contributed by atoms with E-state index in [0.717, 1.165) is 0 Å². The Morgan fingerprint density at radius 3 is 2.59 bits per heavy atom. The molecule has 0 spiro atoms. The fourth-order valence-electron chi connectivity index (χ4n) is 2.48. The largest absolute Gasteiger partial charge is 0.495 e. The SMILES string of the molecule is COc1ccc(NC(=O)c2ccc(NCc3ccccc3C)nn2)cc1Cl. The zero-order valence-corrected chi connectivity index (χ0v) is 15.7. The van der Waals surface area contributed by atoms with Crippen LogP contribution in [-0.2, 0) is 6.54 Å². The molecule has 1 amide bonds. The van der Waals surface area contributed by atoms with Gasteiger partial charge < -0.3 is 15.4 Å². The Kier molecular flexibility index (Phi) is 5.88. The zero-order valence-electron chi connectivity index (χ0n) is 15.0. The molecule has 0 aliphatic carbocycles. The molecule has 2 aromatic carbocycles. The van der Waals surface area contributed by atoms with E-state index in [1.807, 2.05) is 12.1 Å². The Morgan fingerprint density at radius 1 is 1.11 bits per heavy atom. The lowest BCUT2D eigenvalue weighted by atomic mass is 10.1. The number of nitrogens with zero attached hydrogens (tertiary/aromatic N) is 2. The van der Waals surface area contributed by atoms with Crippen molar-refractivity contribution in [2.45, 2.75) is 13.5 Å². The van der Waals surface area contributed by atoms with E-state index < -0.39 is 0 Å². The molecule has 3 aromatic rings. The smallest absolute Gasteiger partial charge is 0.276 e. The molecular formula is C20H19ClN4O2. The van der Waals surface area contributed by atoms with Gasteiger partial charge in [-0.1, -0.05) is 35.9 Å². The van der Waals surface area contributed by atoms with Gasteiger partial charge in [0, 0.05) is 12.2 Å². The molecule has 1 aromatic heterocycles. The van der Waals surface area contributed by atoms with Crippen LogP contribution in [0.25, 0.3) is 0 Å². The van der Waals surface area contributed by atoms with Crippen molar-refractivity contribution in [2.75, 3.05) is 17.7 Å². The molecule has 27 heavy (non-hydrogen) atoms. The highest BCUT2D eigenvalue weighted by molar-refractivity contribution is 6.32. The van der Waals surface area contributed by atoms with E-state index in [4.69, 9.17) is 16.3 Å². The third-order valence-electron chi connectivity index (χ3n) is 4.03. The molecule has 0 atom stereocenters. The summed E-state index contributed by atoms with van der Waals surface area (Å²) in [6.45, 7) is 2.69. The number of anilines is 2. The predicted octanol–water partition coefficient (Wildman–Crippen LogP) is 4.31. The summed E-state index contributed by atoms with van der Waals surface area (Å²) in [4.78, 5) is 12.3. The fourth-order valence-corrected chi connectivity index (χ4v) is 2.74. The lowest BCUT2D eigenvalue weighted by molar-refractivity contribution is 0.102. The van der Waals surface area contributed by atoms with E-state index in [1.54, 1.807) is 30.3 Å². The number of rotatable bonds is 6. The van der Waals surface area contributed by atoms with Gasteiger partial charge in [-0.3, -0.25) is 4.79 Å². The Labute approximate surface area is 162 Å². The van der Waals surface area contributed by atoms with Gasteiger partial charge in [-0.2, -0.15) is 0 Å². The van der Waals surface area contributed by atoms with E-state index in [2.05, 4.69) is 39.9 Å². The third kappa shape index (κ3) is 4.74. The second kappa shape index (κ2) is 8.51. The van der Waals surface area contributed by atoms with Crippen LogP contribution in [0.1, 0.15) is 21.6 Å². The second-order valence-corrected chi connectivity index (χ2v) is 6.29. The van der Waals surface area contributed by atoms with Crippen LogP contribution in [0.4, 0.5) is 11.5 Å². The van der Waals surface area contributed by atoms with Crippen LogP contribution in [0.5, 0.6) is 5.75 Å². The molecule has 7 heteroatoms. The van der Waals surface area contributed by atoms with Gasteiger partial charge in [-0.05, 0) is 48.4 Å².